The summed E-state index contributed by atoms with van der Waals surface area (Å²) in [5.74, 6) is 1.14. The zero-order valence-corrected chi connectivity index (χ0v) is 11.3. The van der Waals surface area contributed by atoms with Crippen LogP contribution in [0.2, 0.25) is 0 Å². The number of carbonyl (C=O) groups excluding carboxylic acids is 1. The van der Waals surface area contributed by atoms with Gasteiger partial charge in [0.25, 0.3) is 0 Å². The van der Waals surface area contributed by atoms with Gasteiger partial charge < -0.3 is 15.0 Å². The number of ether oxygens (including phenoxy) is 1. The number of rotatable bonds is 3. The molecule has 4 nitrogen and oxygen atoms in total. The molecular formula is C15H20N2O2. The van der Waals surface area contributed by atoms with Gasteiger partial charge in [0.05, 0.1) is 12.0 Å². The fourth-order valence-corrected chi connectivity index (χ4v) is 2.81. The second kappa shape index (κ2) is 5.21. The average Bonchev–Trinajstić information content (AvgIpc) is 2.41. The first-order valence-electron chi connectivity index (χ1n) is 7.01. The maximum atomic E-state index is 12.6. The Bertz CT molecular complexity index is 471. The Hall–Kier alpha value is -1.55. The molecule has 0 bridgehead atoms. The summed E-state index contributed by atoms with van der Waals surface area (Å²) in [6, 6.07) is 8.37. The largest absolute Gasteiger partial charge is 0.492 e. The summed E-state index contributed by atoms with van der Waals surface area (Å²) in [6.07, 6.45) is 0.797. The Morgan fingerprint density at radius 1 is 1.42 bits per heavy atom. The average molecular weight is 260 g/mol. The van der Waals surface area contributed by atoms with Gasteiger partial charge >= 0.3 is 0 Å². The van der Waals surface area contributed by atoms with Crippen LogP contribution in [0.5, 0.6) is 5.75 Å². The van der Waals surface area contributed by atoms with E-state index in [1.54, 1.807) is 0 Å². The van der Waals surface area contributed by atoms with Crippen molar-refractivity contribution < 1.29 is 9.53 Å². The molecule has 0 aliphatic carbocycles. The minimum Gasteiger partial charge on any atom is -0.492 e. The summed E-state index contributed by atoms with van der Waals surface area (Å²) in [4.78, 5) is 14.6. The molecule has 2 aliphatic heterocycles. The van der Waals surface area contributed by atoms with Gasteiger partial charge in [0.15, 0.2) is 0 Å². The number of likely N-dealkylation sites (N-methyl/N-ethyl adjacent to an activating group) is 1. The van der Waals surface area contributed by atoms with Gasteiger partial charge in [0.1, 0.15) is 12.4 Å². The Labute approximate surface area is 113 Å². The third kappa shape index (κ3) is 2.32. The zero-order chi connectivity index (χ0) is 13.2. The van der Waals surface area contributed by atoms with E-state index >= 15 is 0 Å². The number of carbonyl (C=O) groups is 1. The van der Waals surface area contributed by atoms with E-state index in [0.717, 1.165) is 37.4 Å². The molecule has 1 amide bonds. The molecule has 1 fully saturated rings. The number of amides is 1. The predicted octanol–water partition coefficient (Wildman–Crippen LogP) is 1.06. The monoisotopic (exact) mass is 260 g/mol. The Kier molecular flexibility index (Phi) is 3.42. The summed E-state index contributed by atoms with van der Waals surface area (Å²) in [5, 5.41) is 3.22. The lowest BCUT2D eigenvalue weighted by atomic mass is 9.94. The first-order valence-corrected chi connectivity index (χ1v) is 7.01. The third-order valence-electron chi connectivity index (χ3n) is 4.05. The van der Waals surface area contributed by atoms with Crippen molar-refractivity contribution in [2.45, 2.75) is 19.4 Å². The number of para-hydroxylation sites is 1. The highest BCUT2D eigenvalue weighted by molar-refractivity contribution is 5.80. The Morgan fingerprint density at radius 2 is 2.21 bits per heavy atom. The summed E-state index contributed by atoms with van der Waals surface area (Å²) in [5.41, 5.74) is 1.15. The van der Waals surface area contributed by atoms with Crippen molar-refractivity contribution in [1.82, 2.24) is 10.2 Å². The molecule has 1 saturated heterocycles. The van der Waals surface area contributed by atoms with Crippen molar-refractivity contribution in [2.24, 2.45) is 5.92 Å². The van der Waals surface area contributed by atoms with Gasteiger partial charge in [-0.3, -0.25) is 4.79 Å². The van der Waals surface area contributed by atoms with Gasteiger partial charge in [-0.05, 0) is 25.0 Å². The molecule has 19 heavy (non-hydrogen) atoms. The molecule has 1 unspecified atom stereocenters. The van der Waals surface area contributed by atoms with Crippen LogP contribution in [0.4, 0.5) is 0 Å². The van der Waals surface area contributed by atoms with Crippen molar-refractivity contribution in [1.29, 1.82) is 0 Å². The van der Waals surface area contributed by atoms with Crippen LogP contribution in [0.1, 0.15) is 12.5 Å². The molecule has 1 N–H and O–H groups in total. The highest BCUT2D eigenvalue weighted by atomic mass is 16.5. The molecular weight excluding hydrogens is 240 g/mol. The number of benzene rings is 1. The summed E-state index contributed by atoms with van der Waals surface area (Å²) < 4.78 is 5.72. The Balaban J connectivity index is 1.71. The number of fused-ring (bicyclic) bond motifs is 1. The molecule has 1 atom stereocenters. The summed E-state index contributed by atoms with van der Waals surface area (Å²) >= 11 is 0. The van der Waals surface area contributed by atoms with Crippen molar-refractivity contribution >= 4 is 5.91 Å². The standard InChI is InChI=1S/C15H20N2O2/c1-2-17(13-8-16-9-13)15(18)12-7-11-5-3-4-6-14(11)19-10-12/h3-6,12-13,16H,2,7-10H2,1H3. The van der Waals surface area contributed by atoms with Crippen molar-refractivity contribution in [3.8, 4) is 5.75 Å². The second-order valence-electron chi connectivity index (χ2n) is 5.26. The minimum absolute atomic E-state index is 0.0320. The van der Waals surface area contributed by atoms with E-state index < -0.39 is 0 Å². The van der Waals surface area contributed by atoms with E-state index in [4.69, 9.17) is 4.74 Å². The van der Waals surface area contributed by atoms with Gasteiger partial charge in [0.2, 0.25) is 5.91 Å². The lowest BCUT2D eigenvalue weighted by Gasteiger charge is -2.40. The lowest BCUT2D eigenvalue weighted by molar-refractivity contribution is -0.140. The molecule has 0 aromatic heterocycles. The molecule has 1 aromatic carbocycles. The fourth-order valence-electron chi connectivity index (χ4n) is 2.81. The first kappa shape index (κ1) is 12.5. The molecule has 0 radical (unpaired) electrons. The predicted molar refractivity (Wildman–Crippen MR) is 73.2 cm³/mol. The molecule has 0 spiro atoms. The maximum Gasteiger partial charge on any atom is 0.229 e. The number of nitrogens with zero attached hydrogens (tertiary/aromatic N) is 1. The summed E-state index contributed by atoms with van der Waals surface area (Å²) in [6.45, 7) is 5.18. The van der Waals surface area contributed by atoms with E-state index in [9.17, 15) is 4.79 Å². The van der Waals surface area contributed by atoms with Crippen LogP contribution in [0.3, 0.4) is 0 Å². The van der Waals surface area contributed by atoms with Crippen LogP contribution in [0.15, 0.2) is 24.3 Å². The molecule has 0 saturated carbocycles. The van der Waals surface area contributed by atoms with Gasteiger partial charge in [-0.2, -0.15) is 0 Å². The normalized spacial score (nSPS) is 22.1. The van der Waals surface area contributed by atoms with Gasteiger partial charge in [-0.15, -0.1) is 0 Å². The van der Waals surface area contributed by atoms with Crippen LogP contribution in [-0.4, -0.2) is 43.1 Å². The SMILES string of the molecule is CCN(C(=O)C1COc2ccccc2C1)C1CNC1. The highest BCUT2D eigenvalue weighted by Gasteiger charge is 2.34. The van der Waals surface area contributed by atoms with Crippen molar-refractivity contribution in [3.05, 3.63) is 29.8 Å². The number of nitrogens with one attached hydrogen (secondary N) is 1. The molecule has 2 heterocycles. The molecule has 4 heteroatoms. The quantitative estimate of drug-likeness (QED) is 0.883. The van der Waals surface area contributed by atoms with Gasteiger partial charge in [-0.1, -0.05) is 18.2 Å². The summed E-state index contributed by atoms with van der Waals surface area (Å²) in [7, 11) is 0. The van der Waals surface area contributed by atoms with Crippen LogP contribution >= 0.6 is 0 Å². The maximum absolute atomic E-state index is 12.6. The van der Waals surface area contributed by atoms with Crippen molar-refractivity contribution in [2.75, 3.05) is 26.2 Å². The van der Waals surface area contributed by atoms with E-state index in [1.165, 1.54) is 0 Å². The smallest absolute Gasteiger partial charge is 0.229 e. The van der Waals surface area contributed by atoms with Crippen molar-refractivity contribution in [3.63, 3.8) is 0 Å². The highest BCUT2D eigenvalue weighted by Crippen LogP contribution is 2.28. The molecule has 1 aromatic rings. The lowest BCUT2D eigenvalue weighted by Crippen LogP contribution is -2.60. The third-order valence-corrected chi connectivity index (χ3v) is 4.05. The molecule has 102 valence electrons. The van der Waals surface area contributed by atoms with Crippen LogP contribution in [0, 0.1) is 5.92 Å². The molecule has 3 rings (SSSR count). The Morgan fingerprint density at radius 3 is 2.89 bits per heavy atom. The first-order chi connectivity index (χ1) is 9.29. The van der Waals surface area contributed by atoms with E-state index in [1.807, 2.05) is 30.0 Å². The fraction of sp³-hybridized carbons (Fsp3) is 0.533. The number of hydrogen-bond acceptors (Lipinski definition) is 3. The zero-order valence-electron chi connectivity index (χ0n) is 11.3. The minimum atomic E-state index is -0.0320. The van der Waals surface area contributed by atoms with E-state index in [2.05, 4.69) is 11.4 Å². The van der Waals surface area contributed by atoms with Crippen LogP contribution < -0.4 is 10.1 Å². The van der Waals surface area contributed by atoms with E-state index in [0.29, 0.717) is 12.6 Å². The van der Waals surface area contributed by atoms with Gasteiger partial charge in [0, 0.05) is 19.6 Å². The van der Waals surface area contributed by atoms with Gasteiger partial charge in [-0.25, -0.2) is 0 Å². The topological polar surface area (TPSA) is 41.6 Å². The number of hydrogen-bond donors (Lipinski definition) is 1. The van der Waals surface area contributed by atoms with Crippen LogP contribution in [-0.2, 0) is 11.2 Å². The van der Waals surface area contributed by atoms with Crippen LogP contribution in [0.25, 0.3) is 0 Å². The molecule has 2 aliphatic rings. The van der Waals surface area contributed by atoms with E-state index in [-0.39, 0.29) is 11.8 Å². The second-order valence-corrected chi connectivity index (χ2v) is 5.26.